The maximum atomic E-state index is 12.0. The van der Waals surface area contributed by atoms with E-state index >= 15 is 0 Å². The van der Waals surface area contributed by atoms with Gasteiger partial charge in [0.1, 0.15) is 5.75 Å². The van der Waals surface area contributed by atoms with Gasteiger partial charge in [-0.05, 0) is 41.6 Å². The van der Waals surface area contributed by atoms with Crippen LogP contribution in [0.15, 0.2) is 59.4 Å². The summed E-state index contributed by atoms with van der Waals surface area (Å²) in [5, 5.41) is 6.96. The van der Waals surface area contributed by atoms with Gasteiger partial charge in [0.25, 0.3) is 5.91 Å². The highest BCUT2D eigenvalue weighted by atomic mass is 32.1. The van der Waals surface area contributed by atoms with Crippen molar-refractivity contribution in [3.8, 4) is 17.0 Å². The summed E-state index contributed by atoms with van der Waals surface area (Å²) in [5.41, 5.74) is 3.97. The van der Waals surface area contributed by atoms with E-state index in [9.17, 15) is 4.79 Å². The maximum Gasteiger partial charge on any atom is 0.258 e. The van der Waals surface area contributed by atoms with E-state index in [0.29, 0.717) is 6.54 Å². The first-order valence-electron chi connectivity index (χ1n) is 7.65. The minimum absolute atomic E-state index is 0.00109. The first kappa shape index (κ1) is 16.2. The van der Waals surface area contributed by atoms with Crippen molar-refractivity contribution < 1.29 is 9.53 Å². The number of carbonyl (C=O) groups excluding carboxylic acids is 1. The smallest absolute Gasteiger partial charge is 0.258 e. The van der Waals surface area contributed by atoms with Gasteiger partial charge in [0.2, 0.25) is 0 Å². The molecule has 5 heteroatoms. The summed E-state index contributed by atoms with van der Waals surface area (Å²) in [6.07, 6.45) is 1.76. The molecule has 1 amide bonds. The van der Waals surface area contributed by atoms with Crippen molar-refractivity contribution in [2.75, 3.05) is 6.61 Å². The van der Waals surface area contributed by atoms with Gasteiger partial charge in [0, 0.05) is 23.7 Å². The second-order valence-electron chi connectivity index (χ2n) is 5.35. The lowest BCUT2D eigenvalue weighted by atomic mass is 10.1. The number of hydrogen-bond donors (Lipinski definition) is 1. The number of hydrogen-bond acceptors (Lipinski definition) is 4. The number of ether oxygens (including phenoxy) is 1. The highest BCUT2D eigenvalue weighted by Crippen LogP contribution is 2.23. The fourth-order valence-corrected chi connectivity index (χ4v) is 2.99. The molecular formula is C19H18N2O2S. The summed E-state index contributed by atoms with van der Waals surface area (Å²) in [4.78, 5) is 16.5. The molecule has 0 atom stereocenters. The molecule has 0 aliphatic carbocycles. The number of carbonyl (C=O) groups is 1. The van der Waals surface area contributed by atoms with Gasteiger partial charge in [0.05, 0.1) is 5.69 Å². The maximum absolute atomic E-state index is 12.0. The van der Waals surface area contributed by atoms with Crippen LogP contribution in [-0.2, 0) is 11.3 Å². The van der Waals surface area contributed by atoms with E-state index in [0.717, 1.165) is 28.1 Å². The quantitative estimate of drug-likeness (QED) is 0.743. The number of aromatic nitrogens is 1. The van der Waals surface area contributed by atoms with Crippen molar-refractivity contribution in [3.05, 3.63) is 70.5 Å². The number of aryl methyl sites for hydroxylation is 1. The van der Waals surface area contributed by atoms with Crippen LogP contribution in [0.1, 0.15) is 11.1 Å². The molecule has 0 fully saturated rings. The Morgan fingerprint density at radius 2 is 2.08 bits per heavy atom. The zero-order valence-corrected chi connectivity index (χ0v) is 14.2. The first-order chi connectivity index (χ1) is 11.7. The summed E-state index contributed by atoms with van der Waals surface area (Å²) in [5.74, 6) is 0.575. The molecule has 3 aromatic rings. The second kappa shape index (κ2) is 7.75. The SMILES string of the molecule is Cc1ccccc1OCC(=O)NCc1cccnc1-c1ccsc1. The van der Waals surface area contributed by atoms with Crippen molar-refractivity contribution >= 4 is 17.2 Å². The van der Waals surface area contributed by atoms with Crippen LogP contribution in [0.25, 0.3) is 11.3 Å². The molecule has 4 nitrogen and oxygen atoms in total. The monoisotopic (exact) mass is 338 g/mol. The lowest BCUT2D eigenvalue weighted by molar-refractivity contribution is -0.123. The summed E-state index contributed by atoms with van der Waals surface area (Å²) >= 11 is 1.63. The third-order valence-corrected chi connectivity index (χ3v) is 4.30. The van der Waals surface area contributed by atoms with Gasteiger partial charge in [0.15, 0.2) is 6.61 Å². The van der Waals surface area contributed by atoms with Crippen LogP contribution < -0.4 is 10.1 Å². The van der Waals surface area contributed by atoms with Crippen molar-refractivity contribution in [1.82, 2.24) is 10.3 Å². The molecule has 0 unspecified atom stereocenters. The van der Waals surface area contributed by atoms with Crippen LogP contribution in [0.3, 0.4) is 0 Å². The Hall–Kier alpha value is -2.66. The number of pyridine rings is 1. The van der Waals surface area contributed by atoms with Gasteiger partial charge in [-0.25, -0.2) is 0 Å². The largest absolute Gasteiger partial charge is 0.484 e. The molecule has 0 radical (unpaired) electrons. The van der Waals surface area contributed by atoms with Crippen molar-refractivity contribution in [1.29, 1.82) is 0 Å². The highest BCUT2D eigenvalue weighted by Gasteiger charge is 2.09. The van der Waals surface area contributed by atoms with E-state index in [-0.39, 0.29) is 12.5 Å². The zero-order chi connectivity index (χ0) is 16.8. The third kappa shape index (κ3) is 4.00. The minimum Gasteiger partial charge on any atom is -0.484 e. The number of rotatable bonds is 6. The van der Waals surface area contributed by atoms with E-state index in [4.69, 9.17) is 4.74 Å². The van der Waals surface area contributed by atoms with E-state index < -0.39 is 0 Å². The molecule has 122 valence electrons. The Kier molecular flexibility index (Phi) is 5.23. The standard InChI is InChI=1S/C19H18N2O2S/c1-14-5-2-3-7-17(14)23-12-18(22)21-11-15-6-4-9-20-19(15)16-8-10-24-13-16/h2-10,13H,11-12H2,1H3,(H,21,22). The lowest BCUT2D eigenvalue weighted by Crippen LogP contribution is -2.28. The molecule has 3 rings (SSSR count). The second-order valence-corrected chi connectivity index (χ2v) is 6.13. The summed E-state index contributed by atoms with van der Waals surface area (Å²) in [6, 6.07) is 13.5. The van der Waals surface area contributed by atoms with E-state index in [1.165, 1.54) is 0 Å². The first-order valence-corrected chi connectivity index (χ1v) is 8.60. The normalized spacial score (nSPS) is 10.4. The van der Waals surface area contributed by atoms with Gasteiger partial charge in [-0.2, -0.15) is 11.3 Å². The van der Waals surface area contributed by atoms with Crippen LogP contribution in [0.2, 0.25) is 0 Å². The number of benzene rings is 1. The van der Waals surface area contributed by atoms with Gasteiger partial charge in [-0.3, -0.25) is 9.78 Å². The fraction of sp³-hybridized carbons (Fsp3) is 0.158. The molecule has 0 aliphatic heterocycles. The Labute approximate surface area is 145 Å². The lowest BCUT2D eigenvalue weighted by Gasteiger charge is -2.11. The molecule has 0 bridgehead atoms. The molecule has 0 aliphatic rings. The van der Waals surface area contributed by atoms with Gasteiger partial charge in [-0.1, -0.05) is 24.3 Å². The average Bonchev–Trinajstić information content (AvgIpc) is 3.14. The fourth-order valence-electron chi connectivity index (χ4n) is 2.35. The topological polar surface area (TPSA) is 51.2 Å². The number of amides is 1. The highest BCUT2D eigenvalue weighted by molar-refractivity contribution is 7.08. The number of thiophene rings is 1. The molecule has 0 saturated heterocycles. The van der Waals surface area contributed by atoms with Crippen molar-refractivity contribution in [2.24, 2.45) is 0 Å². The molecule has 0 saturated carbocycles. The average molecular weight is 338 g/mol. The molecule has 2 heterocycles. The molecule has 1 aromatic carbocycles. The van der Waals surface area contributed by atoms with Gasteiger partial charge >= 0.3 is 0 Å². The van der Waals surface area contributed by atoms with Crippen LogP contribution in [0.4, 0.5) is 0 Å². The zero-order valence-electron chi connectivity index (χ0n) is 13.4. The Balaban J connectivity index is 1.58. The molecule has 1 N–H and O–H groups in total. The minimum atomic E-state index is -0.154. The van der Waals surface area contributed by atoms with E-state index in [2.05, 4.69) is 15.7 Å². The Morgan fingerprint density at radius 1 is 1.21 bits per heavy atom. The molecule has 2 aromatic heterocycles. The third-order valence-electron chi connectivity index (χ3n) is 3.61. The summed E-state index contributed by atoms with van der Waals surface area (Å²) in [7, 11) is 0. The summed E-state index contributed by atoms with van der Waals surface area (Å²) in [6.45, 7) is 2.38. The van der Waals surface area contributed by atoms with Crippen LogP contribution >= 0.6 is 11.3 Å². The van der Waals surface area contributed by atoms with Crippen LogP contribution in [0, 0.1) is 6.92 Å². The predicted octanol–water partition coefficient (Wildman–Crippen LogP) is 3.81. The van der Waals surface area contributed by atoms with Gasteiger partial charge < -0.3 is 10.1 Å². The molecule has 24 heavy (non-hydrogen) atoms. The summed E-state index contributed by atoms with van der Waals surface area (Å²) < 4.78 is 5.56. The number of para-hydroxylation sites is 1. The molecular weight excluding hydrogens is 320 g/mol. The van der Waals surface area contributed by atoms with E-state index in [1.807, 2.05) is 54.8 Å². The van der Waals surface area contributed by atoms with Crippen LogP contribution in [0.5, 0.6) is 5.75 Å². The number of nitrogens with one attached hydrogen (secondary N) is 1. The predicted molar refractivity (Wildman–Crippen MR) is 96.1 cm³/mol. The molecule has 0 spiro atoms. The Bertz CT molecular complexity index is 816. The van der Waals surface area contributed by atoms with E-state index in [1.54, 1.807) is 17.5 Å². The van der Waals surface area contributed by atoms with Crippen molar-refractivity contribution in [2.45, 2.75) is 13.5 Å². The van der Waals surface area contributed by atoms with Gasteiger partial charge in [-0.15, -0.1) is 0 Å². The number of nitrogens with zero attached hydrogens (tertiary/aromatic N) is 1. The van der Waals surface area contributed by atoms with Crippen LogP contribution in [-0.4, -0.2) is 17.5 Å². The Morgan fingerprint density at radius 3 is 2.88 bits per heavy atom. The van der Waals surface area contributed by atoms with Crippen molar-refractivity contribution in [3.63, 3.8) is 0 Å².